The smallest absolute Gasteiger partial charge is 0.497 e. The minimum absolute atomic E-state index is 0.357. The zero-order valence-electron chi connectivity index (χ0n) is 17.8. The van der Waals surface area contributed by atoms with Crippen molar-refractivity contribution in [3.8, 4) is 11.5 Å². The quantitative estimate of drug-likeness (QED) is 0.318. The van der Waals surface area contributed by atoms with Crippen molar-refractivity contribution in [1.82, 2.24) is 9.88 Å². The second-order valence-electron chi connectivity index (χ2n) is 7.87. The Kier molecular flexibility index (Phi) is 6.62. The van der Waals surface area contributed by atoms with Crippen LogP contribution in [0.1, 0.15) is 18.4 Å². The standard InChI is InChI=1S/C24H29N3O4/c1-30-20-7-5-19(6-8-20)27-14-12-26(13-15-27)11-3-2-4-18-17-25-23-10-9-21(16-22(18)23)31-24(28)29/h5-10,16-17,25H,2-4,11-15H2,1H3,(H,28,29). The topological polar surface area (TPSA) is 78.0 Å². The van der Waals surface area contributed by atoms with Crippen LogP contribution in [0.5, 0.6) is 11.5 Å². The number of piperazine rings is 1. The van der Waals surface area contributed by atoms with Gasteiger partial charge in [-0.05, 0) is 73.8 Å². The number of unbranched alkanes of at least 4 members (excludes halogenated alkanes) is 1. The Balaban J connectivity index is 1.22. The van der Waals surface area contributed by atoms with Crippen molar-refractivity contribution in [3.05, 3.63) is 54.2 Å². The van der Waals surface area contributed by atoms with Gasteiger partial charge in [-0.15, -0.1) is 0 Å². The lowest BCUT2D eigenvalue weighted by atomic mass is 10.1. The van der Waals surface area contributed by atoms with Crippen LogP contribution in [-0.2, 0) is 6.42 Å². The highest BCUT2D eigenvalue weighted by Gasteiger charge is 2.17. The number of H-pyrrole nitrogens is 1. The van der Waals surface area contributed by atoms with E-state index in [1.807, 2.05) is 24.4 Å². The lowest BCUT2D eigenvalue weighted by Crippen LogP contribution is -2.46. The lowest BCUT2D eigenvalue weighted by Gasteiger charge is -2.36. The SMILES string of the molecule is COc1ccc(N2CCN(CCCCc3c[nH]c4ccc(OC(=O)O)cc34)CC2)cc1. The van der Waals surface area contributed by atoms with Crippen LogP contribution in [0.4, 0.5) is 10.5 Å². The zero-order chi connectivity index (χ0) is 21.6. The molecule has 1 aliphatic heterocycles. The van der Waals surface area contributed by atoms with Crippen LogP contribution in [-0.4, -0.2) is 61.0 Å². The number of fused-ring (bicyclic) bond motifs is 1. The molecular weight excluding hydrogens is 394 g/mol. The fraction of sp³-hybridized carbons (Fsp3) is 0.375. The first kappa shape index (κ1) is 21.1. The molecule has 2 heterocycles. The van der Waals surface area contributed by atoms with E-state index < -0.39 is 6.16 Å². The number of carbonyl (C=O) groups is 1. The highest BCUT2D eigenvalue weighted by molar-refractivity contribution is 5.85. The Labute approximate surface area is 182 Å². The minimum atomic E-state index is -1.29. The number of hydrogen-bond donors (Lipinski definition) is 2. The monoisotopic (exact) mass is 423 g/mol. The largest absolute Gasteiger partial charge is 0.511 e. The molecular formula is C24H29N3O4. The molecule has 0 saturated carbocycles. The number of rotatable bonds is 8. The summed E-state index contributed by atoms with van der Waals surface area (Å²) in [5.74, 6) is 1.25. The van der Waals surface area contributed by atoms with Gasteiger partial charge in [-0.2, -0.15) is 0 Å². The molecule has 0 unspecified atom stereocenters. The molecule has 2 N–H and O–H groups in total. The first-order valence-corrected chi connectivity index (χ1v) is 10.7. The number of aromatic amines is 1. The lowest BCUT2D eigenvalue weighted by molar-refractivity contribution is 0.144. The van der Waals surface area contributed by atoms with Gasteiger partial charge in [-0.3, -0.25) is 4.90 Å². The molecule has 164 valence electrons. The summed E-state index contributed by atoms with van der Waals surface area (Å²) in [4.78, 5) is 19.0. The number of benzene rings is 2. The molecule has 7 heteroatoms. The molecule has 0 spiro atoms. The second kappa shape index (κ2) is 9.75. The normalized spacial score (nSPS) is 14.7. The van der Waals surface area contributed by atoms with E-state index in [4.69, 9.17) is 14.6 Å². The van der Waals surface area contributed by atoms with Crippen LogP contribution in [0.15, 0.2) is 48.7 Å². The Bertz CT molecular complexity index is 1010. The maximum Gasteiger partial charge on any atom is 0.511 e. The van der Waals surface area contributed by atoms with E-state index in [0.29, 0.717) is 5.75 Å². The maximum atomic E-state index is 10.8. The van der Waals surface area contributed by atoms with Crippen LogP contribution in [0, 0.1) is 0 Å². The van der Waals surface area contributed by atoms with Crippen molar-refractivity contribution >= 4 is 22.7 Å². The summed E-state index contributed by atoms with van der Waals surface area (Å²) in [6.07, 6.45) is 3.92. The average molecular weight is 424 g/mol. The van der Waals surface area contributed by atoms with Crippen molar-refractivity contribution < 1.29 is 19.4 Å². The van der Waals surface area contributed by atoms with Gasteiger partial charge < -0.3 is 24.5 Å². The summed E-state index contributed by atoms with van der Waals surface area (Å²) in [7, 11) is 1.69. The van der Waals surface area contributed by atoms with Gasteiger partial charge in [0.05, 0.1) is 7.11 Å². The molecule has 1 aromatic heterocycles. The number of nitrogens with one attached hydrogen (secondary N) is 1. The number of nitrogens with zero attached hydrogens (tertiary/aromatic N) is 2. The Morgan fingerprint density at radius 3 is 2.48 bits per heavy atom. The summed E-state index contributed by atoms with van der Waals surface area (Å²) in [5, 5.41) is 9.85. The van der Waals surface area contributed by atoms with Crippen molar-refractivity contribution in [2.24, 2.45) is 0 Å². The van der Waals surface area contributed by atoms with Gasteiger partial charge in [-0.1, -0.05) is 0 Å². The molecule has 2 aromatic carbocycles. The summed E-state index contributed by atoms with van der Waals surface area (Å²) < 4.78 is 10.0. The van der Waals surface area contributed by atoms with Gasteiger partial charge >= 0.3 is 6.16 Å². The fourth-order valence-corrected chi connectivity index (χ4v) is 4.20. The highest BCUT2D eigenvalue weighted by Crippen LogP contribution is 2.25. The summed E-state index contributed by atoms with van der Waals surface area (Å²) in [6.45, 7) is 5.35. The van der Waals surface area contributed by atoms with Crippen LogP contribution in [0.25, 0.3) is 10.9 Å². The number of aromatic nitrogens is 1. The van der Waals surface area contributed by atoms with Crippen LogP contribution in [0.3, 0.4) is 0 Å². The number of methoxy groups -OCH3 is 1. The van der Waals surface area contributed by atoms with E-state index in [9.17, 15) is 4.79 Å². The molecule has 7 nitrogen and oxygen atoms in total. The predicted octanol–water partition coefficient (Wildman–Crippen LogP) is 4.38. The van der Waals surface area contributed by atoms with E-state index >= 15 is 0 Å². The van der Waals surface area contributed by atoms with Gasteiger partial charge in [0.2, 0.25) is 0 Å². The molecule has 1 aliphatic rings. The number of hydrogen-bond acceptors (Lipinski definition) is 5. The molecule has 0 radical (unpaired) electrons. The van der Waals surface area contributed by atoms with E-state index in [1.165, 1.54) is 11.3 Å². The summed E-state index contributed by atoms with van der Waals surface area (Å²) >= 11 is 0. The highest BCUT2D eigenvalue weighted by atomic mass is 16.7. The fourth-order valence-electron chi connectivity index (χ4n) is 4.20. The van der Waals surface area contributed by atoms with Crippen LogP contribution >= 0.6 is 0 Å². The third kappa shape index (κ3) is 5.30. The molecule has 1 saturated heterocycles. The first-order valence-electron chi connectivity index (χ1n) is 10.7. The van der Waals surface area contributed by atoms with Crippen molar-refractivity contribution in [2.75, 3.05) is 44.7 Å². The Morgan fingerprint density at radius 2 is 1.77 bits per heavy atom. The predicted molar refractivity (Wildman–Crippen MR) is 122 cm³/mol. The molecule has 1 fully saturated rings. The number of carboxylic acid groups (broad SMARTS) is 1. The van der Waals surface area contributed by atoms with Gasteiger partial charge in [-0.25, -0.2) is 4.79 Å². The molecule has 31 heavy (non-hydrogen) atoms. The molecule has 0 bridgehead atoms. The van der Waals surface area contributed by atoms with E-state index in [0.717, 1.165) is 68.6 Å². The molecule has 0 aliphatic carbocycles. The van der Waals surface area contributed by atoms with E-state index in [-0.39, 0.29) is 0 Å². The first-order chi connectivity index (χ1) is 15.1. The molecule has 3 aromatic rings. The van der Waals surface area contributed by atoms with E-state index in [2.05, 4.69) is 26.9 Å². The van der Waals surface area contributed by atoms with Crippen LogP contribution in [0.2, 0.25) is 0 Å². The molecule has 4 rings (SSSR count). The number of ether oxygens (including phenoxy) is 2. The van der Waals surface area contributed by atoms with E-state index in [1.54, 1.807) is 19.2 Å². The van der Waals surface area contributed by atoms with Gasteiger partial charge in [0, 0.05) is 49.0 Å². The molecule has 0 atom stereocenters. The number of aryl methyl sites for hydroxylation is 1. The van der Waals surface area contributed by atoms with Crippen molar-refractivity contribution in [3.63, 3.8) is 0 Å². The van der Waals surface area contributed by atoms with Gasteiger partial charge in [0.15, 0.2) is 0 Å². The van der Waals surface area contributed by atoms with Crippen LogP contribution < -0.4 is 14.4 Å². The van der Waals surface area contributed by atoms with Gasteiger partial charge in [0.1, 0.15) is 11.5 Å². The summed E-state index contributed by atoms with van der Waals surface area (Å²) in [5.41, 5.74) is 3.46. The van der Waals surface area contributed by atoms with Gasteiger partial charge in [0.25, 0.3) is 0 Å². The van der Waals surface area contributed by atoms with Crippen molar-refractivity contribution in [2.45, 2.75) is 19.3 Å². The molecule has 0 amide bonds. The zero-order valence-corrected chi connectivity index (χ0v) is 17.8. The minimum Gasteiger partial charge on any atom is -0.497 e. The maximum absolute atomic E-state index is 10.8. The third-order valence-electron chi connectivity index (χ3n) is 5.92. The average Bonchev–Trinajstić information content (AvgIpc) is 3.19. The number of anilines is 1. The second-order valence-corrected chi connectivity index (χ2v) is 7.87. The van der Waals surface area contributed by atoms with Crippen molar-refractivity contribution in [1.29, 1.82) is 0 Å². The Morgan fingerprint density at radius 1 is 1.03 bits per heavy atom. The summed E-state index contributed by atoms with van der Waals surface area (Å²) in [6, 6.07) is 13.6. The Hall–Kier alpha value is -3.19. The third-order valence-corrected chi connectivity index (χ3v) is 5.92.